The molecule has 0 unspecified atom stereocenters. The van der Waals surface area contributed by atoms with Gasteiger partial charge in [-0.15, -0.1) is 0 Å². The molecule has 0 saturated carbocycles. The predicted octanol–water partition coefficient (Wildman–Crippen LogP) is 12.8. The second-order valence-electron chi connectivity index (χ2n) is 12.4. The lowest BCUT2D eigenvalue weighted by Gasteiger charge is -2.22. The van der Waals surface area contributed by atoms with Crippen molar-refractivity contribution in [3.63, 3.8) is 0 Å². The monoisotopic (exact) mass is 673 g/mol. The van der Waals surface area contributed by atoms with Gasteiger partial charge in [-0.25, -0.2) is 4.85 Å². The van der Waals surface area contributed by atoms with Gasteiger partial charge < -0.3 is 9.13 Å². The number of hydrogen-bond acceptors (Lipinski definition) is 0. The van der Waals surface area contributed by atoms with E-state index in [2.05, 4.69) is 4.85 Å². The second-order valence-corrected chi connectivity index (χ2v) is 12.4. The van der Waals surface area contributed by atoms with Gasteiger partial charge in [0, 0.05) is 32.8 Å². The maximum Gasteiger partial charge on any atom is 0.417 e. The van der Waals surface area contributed by atoms with E-state index in [0.717, 1.165) is 49.8 Å². The largest absolute Gasteiger partial charge is 0.417 e. The van der Waals surface area contributed by atoms with Crippen LogP contribution in [0.25, 0.3) is 71.0 Å². The molecule has 0 spiro atoms. The standard InChI is InChI=1S/C41H25F6N3/c1-23-10-8-14-29-27-12-4-6-16-34(27)49(38(23)29)36-22-33(48-3)37(50-35-17-7-5-13-28(35)30-15-9-11-24(2)39(30)50)21-31(36)26-19-18-25(40(42,43)44)20-32(26)41(45,46)47/h4-22H,1-2H3. The van der Waals surface area contributed by atoms with E-state index < -0.39 is 29.0 Å². The van der Waals surface area contributed by atoms with Gasteiger partial charge in [0.25, 0.3) is 0 Å². The third-order valence-electron chi connectivity index (χ3n) is 9.43. The molecule has 0 fully saturated rings. The van der Waals surface area contributed by atoms with Crippen molar-refractivity contribution in [2.24, 2.45) is 0 Å². The van der Waals surface area contributed by atoms with Crippen molar-refractivity contribution in [1.29, 1.82) is 0 Å². The normalized spacial score (nSPS) is 12.4. The summed E-state index contributed by atoms with van der Waals surface area (Å²) >= 11 is 0. The van der Waals surface area contributed by atoms with Crippen LogP contribution in [0, 0.1) is 20.4 Å². The molecular formula is C41H25F6N3. The number of benzene rings is 6. The van der Waals surface area contributed by atoms with Gasteiger partial charge in [-0.2, -0.15) is 26.3 Å². The summed E-state index contributed by atoms with van der Waals surface area (Å²) < 4.78 is 90.0. The summed E-state index contributed by atoms with van der Waals surface area (Å²) in [6.07, 6.45) is -10.1. The van der Waals surface area contributed by atoms with E-state index in [4.69, 9.17) is 6.57 Å². The Balaban J connectivity index is 1.58. The van der Waals surface area contributed by atoms with Crippen LogP contribution in [0.1, 0.15) is 22.3 Å². The Morgan fingerprint density at radius 1 is 0.520 bits per heavy atom. The van der Waals surface area contributed by atoms with Gasteiger partial charge in [-0.3, -0.25) is 0 Å². The molecule has 0 aliphatic heterocycles. The van der Waals surface area contributed by atoms with E-state index in [1.165, 1.54) is 6.07 Å². The number of fused-ring (bicyclic) bond motifs is 6. The number of alkyl halides is 6. The van der Waals surface area contributed by atoms with Gasteiger partial charge in [-0.1, -0.05) is 78.9 Å². The molecule has 3 nitrogen and oxygen atoms in total. The quantitative estimate of drug-likeness (QED) is 0.131. The van der Waals surface area contributed by atoms with Crippen LogP contribution >= 0.6 is 0 Å². The highest BCUT2D eigenvalue weighted by atomic mass is 19.4. The molecule has 246 valence electrons. The lowest BCUT2D eigenvalue weighted by Crippen LogP contribution is -2.13. The molecule has 0 amide bonds. The summed E-state index contributed by atoms with van der Waals surface area (Å²) in [7, 11) is 0. The fraction of sp³-hybridized carbons (Fsp3) is 0.0976. The molecule has 0 bridgehead atoms. The predicted molar refractivity (Wildman–Crippen MR) is 186 cm³/mol. The van der Waals surface area contributed by atoms with E-state index in [-0.39, 0.29) is 23.0 Å². The average Bonchev–Trinajstić information content (AvgIpc) is 3.61. The molecule has 0 atom stereocenters. The van der Waals surface area contributed by atoms with Crippen molar-refractivity contribution in [2.75, 3.05) is 0 Å². The molecule has 8 aromatic rings. The number of para-hydroxylation sites is 4. The lowest BCUT2D eigenvalue weighted by molar-refractivity contribution is -0.142. The first-order valence-electron chi connectivity index (χ1n) is 15.7. The van der Waals surface area contributed by atoms with Crippen molar-refractivity contribution in [2.45, 2.75) is 26.2 Å². The number of aryl methyl sites for hydroxylation is 2. The number of hydrogen-bond donors (Lipinski definition) is 0. The van der Waals surface area contributed by atoms with Crippen molar-refractivity contribution in [3.05, 3.63) is 149 Å². The number of rotatable bonds is 3. The highest BCUT2D eigenvalue weighted by Crippen LogP contribution is 2.47. The van der Waals surface area contributed by atoms with Crippen molar-refractivity contribution in [1.82, 2.24) is 9.13 Å². The summed E-state index contributed by atoms with van der Waals surface area (Å²) in [5.41, 5.74) is 2.08. The molecule has 8 rings (SSSR count). The molecule has 0 aliphatic rings. The topological polar surface area (TPSA) is 14.2 Å². The summed E-state index contributed by atoms with van der Waals surface area (Å²) in [4.78, 5) is 3.92. The van der Waals surface area contributed by atoms with Gasteiger partial charge in [0.1, 0.15) is 0 Å². The molecule has 9 heteroatoms. The zero-order valence-corrected chi connectivity index (χ0v) is 26.6. The van der Waals surface area contributed by atoms with Gasteiger partial charge in [0.2, 0.25) is 5.69 Å². The van der Waals surface area contributed by atoms with Gasteiger partial charge in [0.15, 0.2) is 0 Å². The zero-order valence-electron chi connectivity index (χ0n) is 26.6. The molecule has 6 aromatic carbocycles. The third kappa shape index (κ3) is 4.66. The van der Waals surface area contributed by atoms with Crippen LogP contribution in [0.15, 0.2) is 115 Å². The highest BCUT2D eigenvalue weighted by molar-refractivity contribution is 6.12. The summed E-state index contributed by atoms with van der Waals surface area (Å²) in [6.45, 7) is 12.2. The molecule has 2 heterocycles. The number of nitrogens with zero attached hydrogens (tertiary/aromatic N) is 3. The first kappa shape index (κ1) is 31.3. The molecule has 0 aliphatic carbocycles. The summed E-state index contributed by atoms with van der Waals surface area (Å²) in [5, 5.41) is 3.47. The minimum Gasteiger partial charge on any atom is -0.319 e. The van der Waals surface area contributed by atoms with Crippen LogP contribution in [0.5, 0.6) is 0 Å². The van der Waals surface area contributed by atoms with Gasteiger partial charge in [-0.05, 0) is 66.9 Å². The Hall–Kier alpha value is -6.01. The average molecular weight is 674 g/mol. The Labute approximate surface area is 282 Å². The van der Waals surface area contributed by atoms with Crippen LogP contribution in [0.4, 0.5) is 32.0 Å². The van der Waals surface area contributed by atoms with Crippen molar-refractivity contribution >= 4 is 49.3 Å². The van der Waals surface area contributed by atoms with Gasteiger partial charge in [0.05, 0.1) is 45.5 Å². The highest BCUT2D eigenvalue weighted by Gasteiger charge is 2.39. The van der Waals surface area contributed by atoms with Crippen LogP contribution in [-0.2, 0) is 12.4 Å². The first-order valence-corrected chi connectivity index (χ1v) is 15.7. The van der Waals surface area contributed by atoms with E-state index >= 15 is 0 Å². The number of aromatic nitrogens is 2. The zero-order chi connectivity index (χ0) is 35.1. The van der Waals surface area contributed by atoms with E-state index in [1.54, 1.807) is 6.07 Å². The minimum atomic E-state index is -5.13. The fourth-order valence-electron chi connectivity index (χ4n) is 7.31. The van der Waals surface area contributed by atoms with Crippen LogP contribution < -0.4 is 0 Å². The first-order chi connectivity index (χ1) is 23.9. The Bertz CT molecular complexity index is 2720. The third-order valence-corrected chi connectivity index (χ3v) is 9.43. The fourth-order valence-corrected chi connectivity index (χ4v) is 7.31. The van der Waals surface area contributed by atoms with E-state index in [9.17, 15) is 26.3 Å². The molecule has 0 radical (unpaired) electrons. The Morgan fingerprint density at radius 2 is 1.04 bits per heavy atom. The van der Waals surface area contributed by atoms with Crippen molar-refractivity contribution in [3.8, 4) is 22.5 Å². The van der Waals surface area contributed by atoms with Crippen LogP contribution in [0.2, 0.25) is 0 Å². The smallest absolute Gasteiger partial charge is 0.319 e. The molecule has 50 heavy (non-hydrogen) atoms. The SMILES string of the molecule is [C-]#[N+]c1cc(-n2c3ccccc3c3cccc(C)c32)c(-c2ccc(C(F)(F)F)cc2C(F)(F)F)cc1-n1c2ccccc2c2cccc(C)c21. The lowest BCUT2D eigenvalue weighted by atomic mass is 9.94. The van der Waals surface area contributed by atoms with Crippen LogP contribution in [-0.4, -0.2) is 9.13 Å². The summed E-state index contributed by atoms with van der Waals surface area (Å²) in [5.74, 6) is 0. The van der Waals surface area contributed by atoms with E-state index in [0.29, 0.717) is 22.8 Å². The van der Waals surface area contributed by atoms with Crippen LogP contribution in [0.3, 0.4) is 0 Å². The van der Waals surface area contributed by atoms with Crippen molar-refractivity contribution < 1.29 is 26.3 Å². The number of halogens is 6. The van der Waals surface area contributed by atoms with E-state index in [1.807, 2.05) is 108 Å². The molecule has 0 saturated heterocycles. The Kier molecular flexibility index (Phi) is 6.88. The summed E-state index contributed by atoms with van der Waals surface area (Å²) in [6, 6.07) is 31.3. The Morgan fingerprint density at radius 3 is 1.56 bits per heavy atom. The molecule has 0 N–H and O–H groups in total. The van der Waals surface area contributed by atoms with Gasteiger partial charge >= 0.3 is 12.4 Å². The maximum atomic E-state index is 14.9. The molecule has 2 aromatic heterocycles. The second kappa shape index (κ2) is 11.0. The molecular weight excluding hydrogens is 648 g/mol. The minimum absolute atomic E-state index is 0.0267. The maximum absolute atomic E-state index is 14.9.